The zero-order chi connectivity index (χ0) is 14.5. The van der Waals surface area contributed by atoms with E-state index < -0.39 is 0 Å². The fourth-order valence-corrected chi connectivity index (χ4v) is 2.54. The van der Waals surface area contributed by atoms with Crippen LogP contribution >= 0.6 is 11.8 Å². The molecule has 0 unspecified atom stereocenters. The molecule has 0 saturated heterocycles. The van der Waals surface area contributed by atoms with Crippen LogP contribution in [-0.4, -0.2) is 32.9 Å². The third kappa shape index (κ3) is 3.19. The molecule has 6 heteroatoms. The summed E-state index contributed by atoms with van der Waals surface area (Å²) in [6.07, 6.45) is 0. The highest BCUT2D eigenvalue weighted by Crippen LogP contribution is 2.22. The van der Waals surface area contributed by atoms with Gasteiger partial charge < -0.3 is 9.30 Å². The molecule has 0 aliphatic heterocycles. The smallest absolute Gasteiger partial charge is 0.191 e. The maximum Gasteiger partial charge on any atom is 0.191 e. The van der Waals surface area contributed by atoms with E-state index in [1.54, 1.807) is 6.07 Å². The van der Waals surface area contributed by atoms with E-state index in [9.17, 15) is 4.79 Å². The summed E-state index contributed by atoms with van der Waals surface area (Å²) in [6.45, 7) is 4.32. The molecule has 0 spiro atoms. The maximum absolute atomic E-state index is 12.3. The van der Waals surface area contributed by atoms with Crippen molar-refractivity contribution in [3.8, 4) is 5.75 Å². The zero-order valence-corrected chi connectivity index (χ0v) is 12.6. The van der Waals surface area contributed by atoms with E-state index in [-0.39, 0.29) is 5.78 Å². The van der Waals surface area contributed by atoms with Crippen molar-refractivity contribution in [2.45, 2.75) is 19.0 Å². The van der Waals surface area contributed by atoms with E-state index in [4.69, 9.17) is 4.74 Å². The van der Waals surface area contributed by atoms with Crippen LogP contribution in [0.3, 0.4) is 0 Å². The molecule has 0 aliphatic carbocycles. The number of thioether (sulfide) groups is 1. The Morgan fingerprint density at radius 1 is 1.35 bits per heavy atom. The van der Waals surface area contributed by atoms with Crippen molar-refractivity contribution in [2.75, 3.05) is 12.4 Å². The largest absolute Gasteiger partial charge is 0.493 e. The number of carbonyl (C=O) groups is 1. The van der Waals surface area contributed by atoms with Gasteiger partial charge in [0.1, 0.15) is 11.6 Å². The second kappa shape index (κ2) is 6.56. The average Bonchev–Trinajstić information content (AvgIpc) is 2.77. The van der Waals surface area contributed by atoms with Gasteiger partial charge >= 0.3 is 0 Å². The van der Waals surface area contributed by atoms with E-state index in [0.717, 1.165) is 11.0 Å². The van der Waals surface area contributed by atoms with Gasteiger partial charge in [-0.25, -0.2) is 0 Å². The van der Waals surface area contributed by atoms with Crippen molar-refractivity contribution >= 4 is 17.5 Å². The van der Waals surface area contributed by atoms with Crippen LogP contribution in [0.1, 0.15) is 23.1 Å². The zero-order valence-electron chi connectivity index (χ0n) is 11.8. The van der Waals surface area contributed by atoms with Crippen molar-refractivity contribution in [3.05, 3.63) is 35.7 Å². The van der Waals surface area contributed by atoms with Crippen molar-refractivity contribution < 1.29 is 9.53 Å². The highest BCUT2D eigenvalue weighted by Gasteiger charge is 2.14. The highest BCUT2D eigenvalue weighted by molar-refractivity contribution is 7.99. The molecule has 0 N–H and O–H groups in total. The third-order valence-corrected chi connectivity index (χ3v) is 3.89. The number of para-hydroxylation sites is 1. The quantitative estimate of drug-likeness (QED) is 0.604. The molecule has 0 bridgehead atoms. The number of Topliss-reactive ketones (excluding diaryl/α,β-unsaturated/α-hetero) is 1. The fourth-order valence-electron chi connectivity index (χ4n) is 1.70. The Labute approximate surface area is 122 Å². The molecule has 0 aliphatic rings. The lowest BCUT2D eigenvalue weighted by atomic mass is 10.1. The Hall–Kier alpha value is -1.82. The summed E-state index contributed by atoms with van der Waals surface area (Å²) in [4.78, 5) is 12.3. The second-order valence-corrected chi connectivity index (χ2v) is 5.17. The minimum absolute atomic E-state index is 0.0275. The van der Waals surface area contributed by atoms with Gasteiger partial charge in [-0.05, 0) is 26.0 Å². The monoisotopic (exact) mass is 291 g/mol. The van der Waals surface area contributed by atoms with Gasteiger partial charge in [-0.15, -0.1) is 10.2 Å². The van der Waals surface area contributed by atoms with Crippen LogP contribution in [-0.2, 0) is 7.05 Å². The third-order valence-electron chi connectivity index (χ3n) is 2.87. The molecule has 1 heterocycles. The molecule has 0 fully saturated rings. The van der Waals surface area contributed by atoms with Crippen molar-refractivity contribution in [2.24, 2.45) is 7.05 Å². The van der Waals surface area contributed by atoms with Gasteiger partial charge in [0.25, 0.3) is 0 Å². The first-order valence-corrected chi connectivity index (χ1v) is 7.35. The topological polar surface area (TPSA) is 57.0 Å². The van der Waals surface area contributed by atoms with E-state index in [2.05, 4.69) is 10.2 Å². The Balaban J connectivity index is 2.07. The molecule has 1 aromatic heterocycles. The number of aromatic nitrogens is 3. The standard InChI is InChI=1S/C14H17N3O2S/c1-4-19-13-8-6-5-7-11(13)12(18)9-20-14-16-15-10(2)17(14)3/h5-8H,4,9H2,1-3H3. The molecule has 5 nitrogen and oxygen atoms in total. The number of ketones is 1. The summed E-state index contributed by atoms with van der Waals surface area (Å²) in [5, 5.41) is 8.74. The average molecular weight is 291 g/mol. The first kappa shape index (κ1) is 14.6. The fraction of sp³-hybridized carbons (Fsp3) is 0.357. The number of nitrogens with zero attached hydrogens (tertiary/aromatic N) is 3. The summed E-state index contributed by atoms with van der Waals surface area (Å²) in [7, 11) is 1.89. The van der Waals surface area contributed by atoms with E-state index in [0.29, 0.717) is 23.7 Å². The Bertz CT molecular complexity index is 610. The van der Waals surface area contributed by atoms with Crippen molar-refractivity contribution in [1.29, 1.82) is 0 Å². The molecule has 0 atom stereocenters. The second-order valence-electron chi connectivity index (χ2n) is 4.23. The van der Waals surface area contributed by atoms with Gasteiger partial charge in [-0.3, -0.25) is 4.79 Å². The Kier molecular flexibility index (Phi) is 4.79. The lowest BCUT2D eigenvalue weighted by Crippen LogP contribution is -2.07. The number of carbonyl (C=O) groups excluding carboxylic acids is 1. The van der Waals surface area contributed by atoms with Crippen molar-refractivity contribution in [1.82, 2.24) is 14.8 Å². The van der Waals surface area contributed by atoms with Gasteiger partial charge in [0.15, 0.2) is 10.9 Å². The molecule has 20 heavy (non-hydrogen) atoms. The molecule has 0 radical (unpaired) electrons. The van der Waals surface area contributed by atoms with Gasteiger partial charge in [0, 0.05) is 7.05 Å². The number of hydrogen-bond acceptors (Lipinski definition) is 5. The molecular weight excluding hydrogens is 274 g/mol. The van der Waals surface area contributed by atoms with Crippen LogP contribution in [0.15, 0.2) is 29.4 Å². The van der Waals surface area contributed by atoms with Crippen LogP contribution in [0.4, 0.5) is 0 Å². The molecule has 1 aromatic carbocycles. The summed E-state index contributed by atoms with van der Waals surface area (Å²) in [5.41, 5.74) is 0.612. The molecule has 2 rings (SSSR count). The van der Waals surface area contributed by atoms with Crippen LogP contribution in [0.5, 0.6) is 5.75 Å². The van der Waals surface area contributed by atoms with Gasteiger partial charge in [-0.2, -0.15) is 0 Å². The van der Waals surface area contributed by atoms with E-state index in [1.165, 1.54) is 11.8 Å². The predicted molar refractivity (Wildman–Crippen MR) is 78.4 cm³/mol. The van der Waals surface area contributed by atoms with Gasteiger partial charge in [0.2, 0.25) is 0 Å². The normalized spacial score (nSPS) is 10.6. The minimum Gasteiger partial charge on any atom is -0.493 e. The molecule has 0 amide bonds. The van der Waals surface area contributed by atoms with E-state index in [1.807, 2.05) is 43.7 Å². The minimum atomic E-state index is 0.0275. The predicted octanol–water partition coefficient (Wildman–Crippen LogP) is 2.50. The molecule has 2 aromatic rings. The van der Waals surface area contributed by atoms with Crippen molar-refractivity contribution in [3.63, 3.8) is 0 Å². The SMILES string of the molecule is CCOc1ccccc1C(=O)CSc1nnc(C)n1C. The summed E-state index contributed by atoms with van der Waals surface area (Å²) in [5.74, 6) is 1.81. The summed E-state index contributed by atoms with van der Waals surface area (Å²) < 4.78 is 7.34. The number of hydrogen-bond donors (Lipinski definition) is 0. The molecular formula is C14H17N3O2S. The first-order valence-electron chi connectivity index (χ1n) is 6.37. The maximum atomic E-state index is 12.3. The summed E-state index contributed by atoms with van der Waals surface area (Å²) in [6, 6.07) is 7.30. The Morgan fingerprint density at radius 2 is 2.10 bits per heavy atom. The Morgan fingerprint density at radius 3 is 2.75 bits per heavy atom. The van der Waals surface area contributed by atoms with Crippen LogP contribution < -0.4 is 4.74 Å². The van der Waals surface area contributed by atoms with Crippen LogP contribution in [0.2, 0.25) is 0 Å². The summed E-state index contributed by atoms with van der Waals surface area (Å²) >= 11 is 1.38. The van der Waals surface area contributed by atoms with Gasteiger partial charge in [0.05, 0.1) is 17.9 Å². The highest BCUT2D eigenvalue weighted by atomic mass is 32.2. The molecule has 0 saturated carbocycles. The first-order chi connectivity index (χ1) is 9.63. The van der Waals surface area contributed by atoms with Crippen LogP contribution in [0, 0.1) is 6.92 Å². The number of benzene rings is 1. The molecule has 106 valence electrons. The van der Waals surface area contributed by atoms with Gasteiger partial charge in [-0.1, -0.05) is 23.9 Å². The number of rotatable bonds is 6. The number of aryl methyl sites for hydroxylation is 1. The lowest BCUT2D eigenvalue weighted by Gasteiger charge is -2.08. The van der Waals surface area contributed by atoms with E-state index >= 15 is 0 Å². The lowest BCUT2D eigenvalue weighted by molar-refractivity contribution is 0.101. The van der Waals surface area contributed by atoms with Crippen LogP contribution in [0.25, 0.3) is 0 Å². The number of ether oxygens (including phenoxy) is 1.